The average Bonchev–Trinajstić information content (AvgIpc) is 2.59. The number of fused-ring (bicyclic) bond motifs is 1. The van der Waals surface area contributed by atoms with E-state index in [4.69, 9.17) is 16.3 Å². The Kier molecular flexibility index (Phi) is 5.02. The minimum absolute atomic E-state index is 0.187. The Labute approximate surface area is 145 Å². The molecular formula is C18H18ClFN2O2. The lowest BCUT2D eigenvalue weighted by atomic mass is 9.99. The second kappa shape index (κ2) is 7.20. The lowest BCUT2D eigenvalue weighted by Crippen LogP contribution is -2.26. The molecule has 126 valence electrons. The van der Waals surface area contributed by atoms with E-state index in [-0.39, 0.29) is 18.1 Å². The normalized spacial score (nSPS) is 13.3. The molecule has 1 amide bonds. The summed E-state index contributed by atoms with van der Waals surface area (Å²) in [6.07, 6.45) is 0.614. The van der Waals surface area contributed by atoms with Gasteiger partial charge in [-0.1, -0.05) is 23.7 Å². The number of hydrogen-bond acceptors (Lipinski definition) is 3. The molecule has 0 radical (unpaired) electrons. The van der Waals surface area contributed by atoms with E-state index in [1.807, 2.05) is 13.0 Å². The van der Waals surface area contributed by atoms with Gasteiger partial charge >= 0.3 is 0 Å². The molecule has 0 atom stereocenters. The van der Waals surface area contributed by atoms with Gasteiger partial charge in [-0.25, -0.2) is 4.39 Å². The van der Waals surface area contributed by atoms with Gasteiger partial charge in [0, 0.05) is 17.1 Å². The van der Waals surface area contributed by atoms with Crippen molar-refractivity contribution in [3.63, 3.8) is 0 Å². The first-order valence-electron chi connectivity index (χ1n) is 7.75. The fourth-order valence-corrected chi connectivity index (χ4v) is 2.87. The summed E-state index contributed by atoms with van der Waals surface area (Å²) in [5, 5.41) is 6.34. The molecule has 0 saturated carbocycles. The van der Waals surface area contributed by atoms with Gasteiger partial charge in [0.1, 0.15) is 11.6 Å². The summed E-state index contributed by atoms with van der Waals surface area (Å²) < 4.78 is 20.0. The molecule has 0 fully saturated rings. The number of rotatable bonds is 4. The Hall–Kier alpha value is -2.11. The third kappa shape index (κ3) is 3.52. The number of halogens is 2. The van der Waals surface area contributed by atoms with E-state index < -0.39 is 5.91 Å². The molecule has 2 aromatic rings. The Morgan fingerprint density at radius 3 is 3.04 bits per heavy atom. The maximum absolute atomic E-state index is 14.5. The molecular weight excluding hydrogens is 331 g/mol. The van der Waals surface area contributed by atoms with E-state index in [1.54, 1.807) is 24.3 Å². The summed E-state index contributed by atoms with van der Waals surface area (Å²) in [5.41, 5.74) is 2.55. The molecule has 2 aromatic carbocycles. The molecule has 0 unspecified atom stereocenters. The standard InChI is InChI=1S/C18H18ClFN2O2/c1-11-14(19)3-2-4-16(11)24-10-17(23)22-15-6-5-12-9-21-8-7-13(12)18(15)20/h2-6,21H,7-10H2,1H3,(H,22,23). The molecule has 4 nitrogen and oxygen atoms in total. The predicted molar refractivity (Wildman–Crippen MR) is 92.1 cm³/mol. The number of benzene rings is 2. The number of carbonyl (C=O) groups excluding carboxylic acids is 1. The summed E-state index contributed by atoms with van der Waals surface area (Å²) >= 11 is 6.01. The van der Waals surface area contributed by atoms with Crippen molar-refractivity contribution in [1.29, 1.82) is 0 Å². The van der Waals surface area contributed by atoms with Crippen LogP contribution in [0, 0.1) is 12.7 Å². The Morgan fingerprint density at radius 2 is 2.21 bits per heavy atom. The van der Waals surface area contributed by atoms with E-state index in [0.717, 1.165) is 17.7 Å². The Balaban J connectivity index is 1.66. The zero-order chi connectivity index (χ0) is 17.1. The zero-order valence-electron chi connectivity index (χ0n) is 13.3. The van der Waals surface area contributed by atoms with Crippen molar-refractivity contribution in [2.45, 2.75) is 19.9 Å². The van der Waals surface area contributed by atoms with Crippen LogP contribution < -0.4 is 15.4 Å². The zero-order valence-corrected chi connectivity index (χ0v) is 14.0. The van der Waals surface area contributed by atoms with Crippen molar-refractivity contribution in [3.8, 4) is 5.75 Å². The molecule has 0 aliphatic carbocycles. The van der Waals surface area contributed by atoms with Crippen LogP contribution in [0.5, 0.6) is 5.75 Å². The molecule has 0 bridgehead atoms. The lowest BCUT2D eigenvalue weighted by Gasteiger charge is -2.19. The summed E-state index contributed by atoms with van der Waals surface area (Å²) in [5.74, 6) is -0.238. The van der Waals surface area contributed by atoms with Crippen LogP contribution in [0.3, 0.4) is 0 Å². The van der Waals surface area contributed by atoms with E-state index >= 15 is 0 Å². The van der Waals surface area contributed by atoms with Crippen molar-refractivity contribution in [2.24, 2.45) is 0 Å². The third-order valence-electron chi connectivity index (χ3n) is 4.06. The molecule has 6 heteroatoms. The van der Waals surface area contributed by atoms with Crippen molar-refractivity contribution in [1.82, 2.24) is 5.32 Å². The molecule has 1 heterocycles. The summed E-state index contributed by atoms with van der Waals surface area (Å²) in [4.78, 5) is 12.1. The first-order chi connectivity index (χ1) is 11.6. The van der Waals surface area contributed by atoms with Crippen LogP contribution in [0.2, 0.25) is 5.02 Å². The van der Waals surface area contributed by atoms with Crippen molar-refractivity contribution in [2.75, 3.05) is 18.5 Å². The maximum Gasteiger partial charge on any atom is 0.262 e. The highest BCUT2D eigenvalue weighted by Crippen LogP contribution is 2.26. The molecule has 3 rings (SSSR count). The fourth-order valence-electron chi connectivity index (χ4n) is 2.70. The minimum Gasteiger partial charge on any atom is -0.483 e. The second-order valence-electron chi connectivity index (χ2n) is 5.69. The van der Waals surface area contributed by atoms with Gasteiger partial charge in [-0.15, -0.1) is 0 Å². The van der Waals surface area contributed by atoms with Crippen LogP contribution in [0.4, 0.5) is 10.1 Å². The number of anilines is 1. The van der Waals surface area contributed by atoms with Crippen molar-refractivity contribution < 1.29 is 13.9 Å². The van der Waals surface area contributed by atoms with Gasteiger partial charge in [-0.05, 0) is 49.2 Å². The van der Waals surface area contributed by atoms with Crippen molar-refractivity contribution >= 4 is 23.2 Å². The summed E-state index contributed by atoms with van der Waals surface area (Å²) in [6, 6.07) is 8.66. The first-order valence-corrected chi connectivity index (χ1v) is 8.13. The lowest BCUT2D eigenvalue weighted by molar-refractivity contribution is -0.118. The van der Waals surface area contributed by atoms with E-state index in [1.165, 1.54) is 0 Å². The number of amides is 1. The van der Waals surface area contributed by atoms with Gasteiger partial charge in [0.25, 0.3) is 5.91 Å². The van der Waals surface area contributed by atoms with Crippen LogP contribution in [-0.2, 0) is 17.8 Å². The SMILES string of the molecule is Cc1c(Cl)cccc1OCC(=O)Nc1ccc2c(c1F)CCNC2. The van der Waals surface area contributed by atoms with E-state index in [0.29, 0.717) is 29.3 Å². The number of ether oxygens (including phenoxy) is 1. The predicted octanol–water partition coefficient (Wildman–Crippen LogP) is 3.45. The molecule has 0 aromatic heterocycles. The van der Waals surface area contributed by atoms with Crippen LogP contribution in [-0.4, -0.2) is 19.1 Å². The molecule has 1 aliphatic heterocycles. The van der Waals surface area contributed by atoms with Crippen LogP contribution in [0.25, 0.3) is 0 Å². The Morgan fingerprint density at radius 1 is 1.38 bits per heavy atom. The quantitative estimate of drug-likeness (QED) is 0.889. The highest BCUT2D eigenvalue weighted by molar-refractivity contribution is 6.31. The van der Waals surface area contributed by atoms with Crippen LogP contribution >= 0.6 is 11.6 Å². The molecule has 1 aliphatic rings. The number of nitrogens with one attached hydrogen (secondary N) is 2. The van der Waals surface area contributed by atoms with Crippen molar-refractivity contribution in [3.05, 3.63) is 57.9 Å². The molecule has 0 saturated heterocycles. The van der Waals surface area contributed by atoms with Gasteiger partial charge in [-0.3, -0.25) is 4.79 Å². The van der Waals surface area contributed by atoms with Crippen LogP contribution in [0.15, 0.2) is 30.3 Å². The fraction of sp³-hybridized carbons (Fsp3) is 0.278. The maximum atomic E-state index is 14.5. The van der Waals surface area contributed by atoms with Gasteiger partial charge in [0.15, 0.2) is 6.61 Å². The van der Waals surface area contributed by atoms with Crippen LogP contribution in [0.1, 0.15) is 16.7 Å². The van der Waals surface area contributed by atoms with Gasteiger partial charge in [0.2, 0.25) is 0 Å². The number of hydrogen-bond donors (Lipinski definition) is 2. The smallest absolute Gasteiger partial charge is 0.262 e. The minimum atomic E-state index is -0.415. The number of carbonyl (C=O) groups is 1. The largest absolute Gasteiger partial charge is 0.483 e. The van der Waals surface area contributed by atoms with Gasteiger partial charge in [0.05, 0.1) is 5.69 Å². The highest BCUT2D eigenvalue weighted by atomic mass is 35.5. The highest BCUT2D eigenvalue weighted by Gasteiger charge is 2.17. The van der Waals surface area contributed by atoms with Gasteiger partial charge < -0.3 is 15.4 Å². The Bertz CT molecular complexity index is 780. The van der Waals surface area contributed by atoms with Gasteiger partial charge in [-0.2, -0.15) is 0 Å². The topological polar surface area (TPSA) is 50.4 Å². The molecule has 2 N–H and O–H groups in total. The average molecular weight is 349 g/mol. The second-order valence-corrected chi connectivity index (χ2v) is 6.10. The molecule has 0 spiro atoms. The van der Waals surface area contributed by atoms with E-state index in [9.17, 15) is 9.18 Å². The van der Waals surface area contributed by atoms with E-state index in [2.05, 4.69) is 10.6 Å². The summed E-state index contributed by atoms with van der Waals surface area (Å²) in [6.45, 7) is 2.99. The monoisotopic (exact) mass is 348 g/mol. The summed E-state index contributed by atoms with van der Waals surface area (Å²) in [7, 11) is 0. The molecule has 24 heavy (non-hydrogen) atoms. The first kappa shape index (κ1) is 16.7. The third-order valence-corrected chi connectivity index (χ3v) is 4.47.